The lowest BCUT2D eigenvalue weighted by atomic mass is 9.73. The fourth-order valence-corrected chi connectivity index (χ4v) is 5.44. The number of hydrogen-bond donors (Lipinski definition) is 1. The number of rotatable bonds is 10. The van der Waals surface area contributed by atoms with Gasteiger partial charge in [0.25, 0.3) is 0 Å². The molecule has 2 aliphatic rings. The smallest absolute Gasteiger partial charge is 0.343 e. The van der Waals surface area contributed by atoms with Crippen LogP contribution in [-0.2, 0) is 21.6 Å². The first kappa shape index (κ1) is 23.8. The van der Waals surface area contributed by atoms with Gasteiger partial charge in [0.2, 0.25) is 0 Å². The first-order valence-corrected chi connectivity index (χ1v) is 12.6. The van der Waals surface area contributed by atoms with Gasteiger partial charge in [-0.3, -0.25) is 0 Å². The first-order valence-electron chi connectivity index (χ1n) is 12.6. The largest absolute Gasteiger partial charge is 0.463 e. The van der Waals surface area contributed by atoms with Crippen LogP contribution in [0.25, 0.3) is 0 Å². The van der Waals surface area contributed by atoms with Crippen LogP contribution in [-0.4, -0.2) is 52.2 Å². The fourth-order valence-electron chi connectivity index (χ4n) is 5.44. The van der Waals surface area contributed by atoms with Crippen LogP contribution >= 0.6 is 0 Å². The van der Waals surface area contributed by atoms with Gasteiger partial charge in [0.1, 0.15) is 5.82 Å². The molecule has 1 aliphatic carbocycles. The molecule has 0 radical (unpaired) electrons. The molecule has 6 heteroatoms. The summed E-state index contributed by atoms with van der Waals surface area (Å²) in [6.07, 6.45) is 12.5. The molecule has 0 amide bonds. The van der Waals surface area contributed by atoms with E-state index in [1.165, 1.54) is 12.8 Å². The molecule has 1 aromatic heterocycles. The van der Waals surface area contributed by atoms with Gasteiger partial charge in [-0.25, -0.2) is 14.8 Å². The summed E-state index contributed by atoms with van der Waals surface area (Å²) in [5.74, 6) is 0.532. The van der Waals surface area contributed by atoms with Crippen molar-refractivity contribution < 1.29 is 14.6 Å². The van der Waals surface area contributed by atoms with E-state index in [-0.39, 0.29) is 5.92 Å². The molecule has 1 aliphatic heterocycles. The zero-order valence-corrected chi connectivity index (χ0v) is 19.6. The van der Waals surface area contributed by atoms with Crippen LogP contribution < -0.4 is 0 Å². The molecule has 33 heavy (non-hydrogen) atoms. The van der Waals surface area contributed by atoms with Crippen LogP contribution in [0, 0.1) is 11.8 Å². The first-order chi connectivity index (χ1) is 16.2. The van der Waals surface area contributed by atoms with Crippen LogP contribution in [0.3, 0.4) is 0 Å². The number of aromatic nitrogens is 2. The number of carbonyl (C=O) groups is 1. The number of likely N-dealkylation sites (tertiary alicyclic amines) is 1. The molecular formula is C27H37N3O3. The molecule has 4 rings (SSSR count). The molecule has 2 heterocycles. The van der Waals surface area contributed by atoms with E-state index < -0.39 is 11.6 Å². The van der Waals surface area contributed by atoms with Gasteiger partial charge >= 0.3 is 5.97 Å². The third-order valence-electron chi connectivity index (χ3n) is 7.29. The number of esters is 1. The predicted octanol–water partition coefficient (Wildman–Crippen LogP) is 4.13. The summed E-state index contributed by atoms with van der Waals surface area (Å²) in [5, 5.41) is 11.7. The monoisotopic (exact) mass is 451 g/mol. The SMILES string of the molecule is O=C(OCC[C@@H](Cc1ncccn1)CN1CCCC1)C(O)(c1ccccc1)C1CCCCC1. The molecular weight excluding hydrogens is 414 g/mol. The Hall–Kier alpha value is -2.31. The molecule has 2 fully saturated rings. The average molecular weight is 452 g/mol. The highest BCUT2D eigenvalue weighted by Crippen LogP contribution is 2.40. The summed E-state index contributed by atoms with van der Waals surface area (Å²) >= 11 is 0. The zero-order chi connectivity index (χ0) is 22.9. The molecule has 0 spiro atoms. The lowest BCUT2D eigenvalue weighted by molar-refractivity contribution is -0.176. The minimum atomic E-state index is -1.57. The molecule has 0 bridgehead atoms. The quantitative estimate of drug-likeness (QED) is 0.548. The van der Waals surface area contributed by atoms with Gasteiger partial charge in [-0.15, -0.1) is 0 Å². The highest BCUT2D eigenvalue weighted by Gasteiger charge is 2.47. The van der Waals surface area contributed by atoms with E-state index in [0.717, 1.165) is 70.4 Å². The molecule has 1 saturated heterocycles. The summed E-state index contributed by atoms with van der Waals surface area (Å²) in [4.78, 5) is 24.6. The minimum absolute atomic E-state index is 0.0979. The lowest BCUT2D eigenvalue weighted by Crippen LogP contribution is -2.45. The number of aliphatic hydroxyl groups is 1. The van der Waals surface area contributed by atoms with Crippen LogP contribution in [0.15, 0.2) is 48.8 Å². The molecule has 2 aromatic rings. The third-order valence-corrected chi connectivity index (χ3v) is 7.29. The Morgan fingerprint density at radius 1 is 1.03 bits per heavy atom. The molecule has 1 saturated carbocycles. The highest BCUT2D eigenvalue weighted by molar-refractivity contribution is 5.81. The Kier molecular flexibility index (Phi) is 8.46. The van der Waals surface area contributed by atoms with Gasteiger partial charge in [-0.2, -0.15) is 0 Å². The van der Waals surface area contributed by atoms with Crippen LogP contribution in [0.5, 0.6) is 0 Å². The second kappa shape index (κ2) is 11.7. The maximum atomic E-state index is 13.3. The van der Waals surface area contributed by atoms with Crippen molar-refractivity contribution in [2.75, 3.05) is 26.2 Å². The zero-order valence-electron chi connectivity index (χ0n) is 19.6. The number of benzene rings is 1. The van der Waals surface area contributed by atoms with Crippen molar-refractivity contribution in [1.29, 1.82) is 0 Å². The van der Waals surface area contributed by atoms with E-state index in [9.17, 15) is 9.90 Å². The number of ether oxygens (including phenoxy) is 1. The van der Waals surface area contributed by atoms with Gasteiger partial charge in [-0.1, -0.05) is 49.6 Å². The maximum absolute atomic E-state index is 13.3. The third kappa shape index (κ3) is 6.18. The Morgan fingerprint density at radius 2 is 1.73 bits per heavy atom. The summed E-state index contributed by atoms with van der Waals surface area (Å²) in [6, 6.07) is 11.2. The Labute approximate surface area is 197 Å². The van der Waals surface area contributed by atoms with E-state index in [1.54, 1.807) is 12.4 Å². The van der Waals surface area contributed by atoms with E-state index in [4.69, 9.17) is 4.74 Å². The van der Waals surface area contributed by atoms with Gasteiger partial charge in [-0.05, 0) is 62.7 Å². The van der Waals surface area contributed by atoms with Crippen molar-refractivity contribution in [3.63, 3.8) is 0 Å². The number of hydrogen-bond acceptors (Lipinski definition) is 6. The topological polar surface area (TPSA) is 75.5 Å². The van der Waals surface area contributed by atoms with Gasteiger partial charge < -0.3 is 14.7 Å². The van der Waals surface area contributed by atoms with Crippen LogP contribution in [0.2, 0.25) is 0 Å². The molecule has 1 unspecified atom stereocenters. The van der Waals surface area contributed by atoms with E-state index in [2.05, 4.69) is 14.9 Å². The van der Waals surface area contributed by atoms with Crippen molar-refractivity contribution in [2.24, 2.45) is 11.8 Å². The van der Waals surface area contributed by atoms with Crippen molar-refractivity contribution in [2.45, 2.75) is 63.4 Å². The van der Waals surface area contributed by atoms with Crippen LogP contribution in [0.1, 0.15) is 62.8 Å². The normalized spacial score (nSPS) is 20.3. The summed E-state index contributed by atoms with van der Waals surface area (Å²) < 4.78 is 5.80. The number of carbonyl (C=O) groups excluding carboxylic acids is 1. The Balaban J connectivity index is 1.41. The standard InChI is InChI=1S/C27H37N3O3/c31-26(27(32,23-10-3-1-4-11-23)24-12-5-2-6-13-24)33-19-14-22(21-30-17-7-8-18-30)20-25-28-15-9-16-29-25/h1,3-4,9-11,15-16,22,24,32H,2,5-8,12-14,17-21H2/t22-,27?/m0/s1. The molecule has 2 atom stereocenters. The molecule has 1 N–H and O–H groups in total. The van der Waals surface area contributed by atoms with Crippen LogP contribution in [0.4, 0.5) is 0 Å². The van der Waals surface area contributed by atoms with E-state index >= 15 is 0 Å². The highest BCUT2D eigenvalue weighted by atomic mass is 16.5. The lowest BCUT2D eigenvalue weighted by Gasteiger charge is -2.37. The Morgan fingerprint density at radius 3 is 2.42 bits per heavy atom. The van der Waals surface area contributed by atoms with Crippen molar-refractivity contribution in [3.05, 3.63) is 60.2 Å². The van der Waals surface area contributed by atoms with Crippen molar-refractivity contribution in [1.82, 2.24) is 14.9 Å². The fraction of sp³-hybridized carbons (Fsp3) is 0.593. The van der Waals surface area contributed by atoms with Crippen molar-refractivity contribution in [3.8, 4) is 0 Å². The summed E-state index contributed by atoms with van der Waals surface area (Å²) in [7, 11) is 0. The number of nitrogens with zero attached hydrogens (tertiary/aromatic N) is 3. The molecule has 1 aromatic carbocycles. The maximum Gasteiger partial charge on any atom is 0.343 e. The van der Waals surface area contributed by atoms with Gasteiger partial charge in [0.05, 0.1) is 6.61 Å². The molecule has 6 nitrogen and oxygen atoms in total. The second-order valence-corrected chi connectivity index (χ2v) is 9.63. The van der Waals surface area contributed by atoms with Gasteiger partial charge in [0, 0.05) is 31.3 Å². The minimum Gasteiger partial charge on any atom is -0.463 e. The molecule has 178 valence electrons. The van der Waals surface area contributed by atoms with E-state index in [0.29, 0.717) is 18.1 Å². The van der Waals surface area contributed by atoms with Crippen molar-refractivity contribution >= 4 is 5.97 Å². The Bertz CT molecular complexity index is 851. The van der Waals surface area contributed by atoms with E-state index in [1.807, 2.05) is 36.4 Å². The van der Waals surface area contributed by atoms with Gasteiger partial charge in [0.15, 0.2) is 5.60 Å². The predicted molar refractivity (Wildman–Crippen MR) is 127 cm³/mol. The summed E-state index contributed by atoms with van der Waals surface area (Å²) in [6.45, 7) is 3.51. The second-order valence-electron chi connectivity index (χ2n) is 9.63. The summed E-state index contributed by atoms with van der Waals surface area (Å²) in [5.41, 5.74) is -0.928. The average Bonchev–Trinajstić information content (AvgIpc) is 3.38.